The van der Waals surface area contributed by atoms with Gasteiger partial charge < -0.3 is 20.1 Å². The fraction of sp³-hybridized carbons (Fsp3) is 0.312. The van der Waals surface area contributed by atoms with Crippen LogP contribution in [0.1, 0.15) is 11.1 Å². The number of benzene rings is 1. The average molecular weight is 447 g/mol. The predicted molar refractivity (Wildman–Crippen MR) is 106 cm³/mol. The van der Waals surface area contributed by atoms with Crippen LogP contribution in [0.5, 0.6) is 11.5 Å². The number of hydrogen-bond donors (Lipinski definition) is 2. The van der Waals surface area contributed by atoms with Gasteiger partial charge in [-0.05, 0) is 40.6 Å². The SMILES string of the molecule is CN=C(NCc1cc(OC)ccc1O)N(C)Cc1ccsc1.I. The molecule has 0 atom stereocenters. The van der Waals surface area contributed by atoms with E-state index in [0.29, 0.717) is 6.54 Å². The van der Waals surface area contributed by atoms with E-state index in [2.05, 4.69) is 27.1 Å². The molecule has 1 aromatic carbocycles. The molecule has 0 aliphatic rings. The van der Waals surface area contributed by atoms with Crippen molar-refractivity contribution in [2.24, 2.45) is 4.99 Å². The Morgan fingerprint density at radius 2 is 2.17 bits per heavy atom. The molecule has 0 radical (unpaired) electrons. The maximum absolute atomic E-state index is 9.91. The van der Waals surface area contributed by atoms with E-state index in [0.717, 1.165) is 23.8 Å². The van der Waals surface area contributed by atoms with Crippen molar-refractivity contribution in [3.8, 4) is 11.5 Å². The smallest absolute Gasteiger partial charge is 0.193 e. The Labute approximate surface area is 158 Å². The summed E-state index contributed by atoms with van der Waals surface area (Å²) in [6.07, 6.45) is 0. The van der Waals surface area contributed by atoms with Crippen LogP contribution in [0.3, 0.4) is 0 Å². The van der Waals surface area contributed by atoms with Crippen molar-refractivity contribution in [2.45, 2.75) is 13.1 Å². The van der Waals surface area contributed by atoms with Crippen molar-refractivity contribution in [2.75, 3.05) is 21.2 Å². The summed E-state index contributed by atoms with van der Waals surface area (Å²) in [6.45, 7) is 1.26. The number of aliphatic imine (C=N–C) groups is 1. The third kappa shape index (κ3) is 5.58. The molecule has 0 bridgehead atoms. The Bertz CT molecular complexity index is 632. The van der Waals surface area contributed by atoms with Gasteiger partial charge in [0.25, 0.3) is 0 Å². The zero-order valence-corrected chi connectivity index (χ0v) is 16.6. The molecule has 2 N–H and O–H groups in total. The molecule has 1 aromatic heterocycles. The second kappa shape index (κ2) is 9.61. The maximum atomic E-state index is 9.91. The summed E-state index contributed by atoms with van der Waals surface area (Å²) >= 11 is 1.68. The van der Waals surface area contributed by atoms with Gasteiger partial charge in [0.1, 0.15) is 11.5 Å². The van der Waals surface area contributed by atoms with E-state index in [4.69, 9.17) is 4.74 Å². The Kier molecular flexibility index (Phi) is 8.18. The zero-order valence-electron chi connectivity index (χ0n) is 13.4. The van der Waals surface area contributed by atoms with Crippen molar-refractivity contribution in [1.82, 2.24) is 10.2 Å². The van der Waals surface area contributed by atoms with Crippen LogP contribution in [0.15, 0.2) is 40.0 Å². The Hall–Kier alpha value is -1.48. The first-order valence-corrected chi connectivity index (χ1v) is 7.87. The van der Waals surface area contributed by atoms with Crippen LogP contribution in [0.4, 0.5) is 0 Å². The summed E-state index contributed by atoms with van der Waals surface area (Å²) in [5.74, 6) is 1.73. The molecule has 2 aromatic rings. The molecule has 2 rings (SSSR count). The fourth-order valence-corrected chi connectivity index (χ4v) is 2.78. The van der Waals surface area contributed by atoms with Crippen molar-refractivity contribution in [1.29, 1.82) is 0 Å². The lowest BCUT2D eigenvalue weighted by atomic mass is 10.2. The van der Waals surface area contributed by atoms with Crippen LogP contribution in [0.2, 0.25) is 0 Å². The molecular formula is C16H22IN3O2S. The topological polar surface area (TPSA) is 57.1 Å². The minimum atomic E-state index is 0. The molecule has 7 heteroatoms. The molecule has 5 nitrogen and oxygen atoms in total. The van der Waals surface area contributed by atoms with Crippen LogP contribution >= 0.6 is 35.3 Å². The van der Waals surface area contributed by atoms with Gasteiger partial charge in [0, 0.05) is 32.7 Å². The summed E-state index contributed by atoms with van der Waals surface area (Å²) < 4.78 is 5.18. The summed E-state index contributed by atoms with van der Waals surface area (Å²) in [5, 5.41) is 17.4. The first kappa shape index (κ1) is 19.6. The first-order chi connectivity index (χ1) is 10.6. The van der Waals surface area contributed by atoms with Crippen molar-refractivity contribution in [3.05, 3.63) is 46.2 Å². The van der Waals surface area contributed by atoms with Gasteiger partial charge in [-0.15, -0.1) is 24.0 Å². The number of halogens is 1. The zero-order chi connectivity index (χ0) is 15.9. The van der Waals surface area contributed by atoms with Crippen LogP contribution in [-0.2, 0) is 13.1 Å². The highest BCUT2D eigenvalue weighted by Crippen LogP contribution is 2.22. The molecule has 23 heavy (non-hydrogen) atoms. The van der Waals surface area contributed by atoms with Crippen molar-refractivity contribution >= 4 is 41.3 Å². The van der Waals surface area contributed by atoms with Crippen LogP contribution in [-0.4, -0.2) is 37.2 Å². The number of phenols is 1. The van der Waals surface area contributed by atoms with Crippen LogP contribution < -0.4 is 10.1 Å². The highest BCUT2D eigenvalue weighted by atomic mass is 127. The van der Waals surface area contributed by atoms with E-state index < -0.39 is 0 Å². The molecule has 126 valence electrons. The van der Waals surface area contributed by atoms with Crippen molar-refractivity contribution < 1.29 is 9.84 Å². The van der Waals surface area contributed by atoms with Gasteiger partial charge in [-0.2, -0.15) is 11.3 Å². The van der Waals surface area contributed by atoms with Crippen LogP contribution in [0, 0.1) is 0 Å². The summed E-state index contributed by atoms with van der Waals surface area (Å²) in [6, 6.07) is 7.28. The molecule has 0 saturated heterocycles. The lowest BCUT2D eigenvalue weighted by Crippen LogP contribution is -2.37. The normalized spacial score (nSPS) is 10.8. The maximum Gasteiger partial charge on any atom is 0.193 e. The molecule has 0 fully saturated rings. The van der Waals surface area contributed by atoms with Gasteiger partial charge in [0.05, 0.1) is 7.11 Å². The largest absolute Gasteiger partial charge is 0.508 e. The summed E-state index contributed by atoms with van der Waals surface area (Å²) in [5.41, 5.74) is 2.02. The fourth-order valence-electron chi connectivity index (χ4n) is 2.12. The van der Waals surface area contributed by atoms with Gasteiger partial charge in [-0.25, -0.2) is 0 Å². The number of rotatable bonds is 5. The first-order valence-electron chi connectivity index (χ1n) is 6.92. The number of guanidine groups is 1. The third-order valence-corrected chi connectivity index (χ3v) is 4.03. The number of thiophene rings is 1. The van der Waals surface area contributed by atoms with E-state index in [1.165, 1.54) is 5.56 Å². The van der Waals surface area contributed by atoms with E-state index in [-0.39, 0.29) is 29.7 Å². The number of phenolic OH excluding ortho intramolecular Hbond substituents is 1. The lowest BCUT2D eigenvalue weighted by Gasteiger charge is -2.22. The predicted octanol–water partition coefficient (Wildman–Crippen LogP) is 3.29. The summed E-state index contributed by atoms with van der Waals surface area (Å²) in [7, 11) is 5.34. The second-order valence-electron chi connectivity index (χ2n) is 4.88. The van der Waals surface area contributed by atoms with E-state index in [1.807, 2.05) is 18.0 Å². The van der Waals surface area contributed by atoms with Crippen LogP contribution in [0.25, 0.3) is 0 Å². The second-order valence-corrected chi connectivity index (χ2v) is 5.66. The van der Waals surface area contributed by atoms with Gasteiger partial charge in [-0.1, -0.05) is 0 Å². The van der Waals surface area contributed by atoms with Gasteiger partial charge in [-0.3, -0.25) is 4.99 Å². The minimum absolute atomic E-state index is 0. The molecular weight excluding hydrogens is 425 g/mol. The number of ether oxygens (including phenoxy) is 1. The third-order valence-electron chi connectivity index (χ3n) is 3.30. The lowest BCUT2D eigenvalue weighted by molar-refractivity contribution is 0.410. The monoisotopic (exact) mass is 447 g/mol. The Morgan fingerprint density at radius 3 is 2.78 bits per heavy atom. The number of methoxy groups -OCH3 is 1. The number of nitrogens with one attached hydrogen (secondary N) is 1. The van der Waals surface area contributed by atoms with Crippen molar-refractivity contribution in [3.63, 3.8) is 0 Å². The van der Waals surface area contributed by atoms with E-state index >= 15 is 0 Å². The molecule has 0 spiro atoms. The molecule has 0 aliphatic heterocycles. The number of hydrogen-bond acceptors (Lipinski definition) is 4. The molecule has 1 heterocycles. The quantitative estimate of drug-likeness (QED) is 0.420. The van der Waals surface area contributed by atoms with E-state index in [1.54, 1.807) is 37.6 Å². The van der Waals surface area contributed by atoms with E-state index in [9.17, 15) is 5.11 Å². The standard InChI is InChI=1S/C16H21N3O2S.HI/c1-17-16(19(2)10-12-6-7-22-11-12)18-9-13-8-14(21-3)4-5-15(13)20;/h4-8,11,20H,9-10H2,1-3H3,(H,17,18);1H. The number of nitrogens with zero attached hydrogens (tertiary/aromatic N) is 2. The van der Waals surface area contributed by atoms with Gasteiger partial charge >= 0.3 is 0 Å². The molecule has 0 unspecified atom stereocenters. The molecule has 0 amide bonds. The molecule has 0 aliphatic carbocycles. The van der Waals surface area contributed by atoms with Gasteiger partial charge in [0.2, 0.25) is 0 Å². The Balaban J connectivity index is 0.00000264. The molecule has 0 saturated carbocycles. The minimum Gasteiger partial charge on any atom is -0.508 e. The average Bonchev–Trinajstić information content (AvgIpc) is 3.02. The highest BCUT2D eigenvalue weighted by Gasteiger charge is 2.09. The summed E-state index contributed by atoms with van der Waals surface area (Å²) in [4.78, 5) is 6.32. The van der Waals surface area contributed by atoms with Gasteiger partial charge in [0.15, 0.2) is 5.96 Å². The Morgan fingerprint density at radius 1 is 1.39 bits per heavy atom. The highest BCUT2D eigenvalue weighted by molar-refractivity contribution is 14.0. The number of aromatic hydroxyl groups is 1.